The SMILES string of the molecule is CCc1cc(N2CCC(NCCCc3ccc(OC)cc3)CC2)nc(C)n1. The summed E-state index contributed by atoms with van der Waals surface area (Å²) in [4.78, 5) is 11.5. The van der Waals surface area contributed by atoms with Crippen LogP contribution in [0.1, 0.15) is 43.3 Å². The number of anilines is 1. The topological polar surface area (TPSA) is 50.3 Å². The van der Waals surface area contributed by atoms with Crippen LogP contribution in [0.2, 0.25) is 0 Å². The van der Waals surface area contributed by atoms with Gasteiger partial charge >= 0.3 is 0 Å². The van der Waals surface area contributed by atoms with Crippen LogP contribution in [0.3, 0.4) is 0 Å². The van der Waals surface area contributed by atoms with E-state index in [9.17, 15) is 0 Å². The Hall–Kier alpha value is -2.14. The first-order valence-corrected chi connectivity index (χ1v) is 10.1. The van der Waals surface area contributed by atoms with Gasteiger partial charge in [-0.2, -0.15) is 0 Å². The van der Waals surface area contributed by atoms with Crippen molar-refractivity contribution in [3.63, 3.8) is 0 Å². The fourth-order valence-electron chi connectivity index (χ4n) is 3.66. The molecule has 0 bridgehead atoms. The van der Waals surface area contributed by atoms with Crippen molar-refractivity contribution in [3.8, 4) is 5.75 Å². The maximum atomic E-state index is 5.21. The van der Waals surface area contributed by atoms with Crippen molar-refractivity contribution in [3.05, 3.63) is 47.4 Å². The molecule has 3 rings (SSSR count). The zero-order valence-corrected chi connectivity index (χ0v) is 16.9. The second-order valence-electron chi connectivity index (χ2n) is 7.29. The summed E-state index contributed by atoms with van der Waals surface area (Å²) in [5.74, 6) is 2.90. The van der Waals surface area contributed by atoms with Crippen molar-refractivity contribution in [1.29, 1.82) is 0 Å². The van der Waals surface area contributed by atoms with Crippen LogP contribution in [0.4, 0.5) is 5.82 Å². The molecule has 1 aromatic carbocycles. The Kier molecular flexibility index (Phi) is 7.04. The lowest BCUT2D eigenvalue weighted by Gasteiger charge is -2.33. The quantitative estimate of drug-likeness (QED) is 0.722. The molecule has 1 N–H and O–H groups in total. The summed E-state index contributed by atoms with van der Waals surface area (Å²) in [6.45, 7) is 7.34. The lowest BCUT2D eigenvalue weighted by atomic mass is 10.0. The monoisotopic (exact) mass is 368 g/mol. The Morgan fingerprint density at radius 2 is 1.89 bits per heavy atom. The number of ether oxygens (including phenoxy) is 1. The molecule has 1 aromatic heterocycles. The van der Waals surface area contributed by atoms with Gasteiger partial charge in [0.2, 0.25) is 0 Å². The average molecular weight is 369 g/mol. The third-order valence-corrected chi connectivity index (χ3v) is 5.29. The average Bonchev–Trinajstić information content (AvgIpc) is 2.71. The van der Waals surface area contributed by atoms with Gasteiger partial charge in [0.1, 0.15) is 17.4 Å². The maximum Gasteiger partial charge on any atom is 0.132 e. The molecule has 0 aliphatic carbocycles. The second kappa shape index (κ2) is 9.70. The first-order valence-electron chi connectivity index (χ1n) is 10.1. The number of rotatable bonds is 8. The van der Waals surface area contributed by atoms with Gasteiger partial charge in [0.15, 0.2) is 0 Å². The predicted octanol–water partition coefficient (Wildman–Crippen LogP) is 3.55. The number of piperidine rings is 1. The van der Waals surface area contributed by atoms with E-state index < -0.39 is 0 Å². The lowest BCUT2D eigenvalue weighted by molar-refractivity contribution is 0.411. The molecule has 0 radical (unpaired) electrons. The molecular formula is C22H32N4O. The molecule has 1 aliphatic rings. The molecular weight excluding hydrogens is 336 g/mol. The van der Waals surface area contributed by atoms with Crippen LogP contribution < -0.4 is 15.0 Å². The van der Waals surface area contributed by atoms with Gasteiger partial charge in [0, 0.05) is 30.9 Å². The summed E-state index contributed by atoms with van der Waals surface area (Å²) in [7, 11) is 1.71. The minimum Gasteiger partial charge on any atom is -0.497 e. The fraction of sp³-hybridized carbons (Fsp3) is 0.545. The van der Waals surface area contributed by atoms with Crippen LogP contribution in [-0.2, 0) is 12.8 Å². The van der Waals surface area contributed by atoms with Gasteiger partial charge in [-0.25, -0.2) is 9.97 Å². The minimum atomic E-state index is 0.616. The van der Waals surface area contributed by atoms with Gasteiger partial charge in [-0.3, -0.25) is 0 Å². The summed E-state index contributed by atoms with van der Waals surface area (Å²) in [5.41, 5.74) is 2.51. The molecule has 1 aliphatic heterocycles. The molecule has 2 aromatic rings. The number of methoxy groups -OCH3 is 1. The van der Waals surface area contributed by atoms with Crippen molar-refractivity contribution in [2.24, 2.45) is 0 Å². The highest BCUT2D eigenvalue weighted by molar-refractivity contribution is 5.40. The molecule has 0 saturated carbocycles. The summed E-state index contributed by atoms with van der Waals surface area (Å²) >= 11 is 0. The third kappa shape index (κ3) is 5.67. The number of aryl methyl sites for hydroxylation is 3. The summed E-state index contributed by atoms with van der Waals surface area (Å²) in [6.07, 6.45) is 5.58. The molecule has 0 unspecified atom stereocenters. The third-order valence-electron chi connectivity index (χ3n) is 5.29. The first kappa shape index (κ1) is 19.6. The normalized spacial score (nSPS) is 15.1. The van der Waals surface area contributed by atoms with Gasteiger partial charge in [0.05, 0.1) is 7.11 Å². The summed E-state index contributed by atoms with van der Waals surface area (Å²) < 4.78 is 5.21. The van der Waals surface area contributed by atoms with E-state index in [1.54, 1.807) is 7.11 Å². The van der Waals surface area contributed by atoms with E-state index in [-0.39, 0.29) is 0 Å². The number of nitrogens with zero attached hydrogens (tertiary/aromatic N) is 3. The zero-order chi connectivity index (χ0) is 19.1. The van der Waals surface area contributed by atoms with E-state index >= 15 is 0 Å². The van der Waals surface area contributed by atoms with Gasteiger partial charge in [-0.1, -0.05) is 19.1 Å². The van der Waals surface area contributed by atoms with Crippen LogP contribution in [-0.4, -0.2) is 42.8 Å². The molecule has 5 nitrogen and oxygen atoms in total. The molecule has 1 fully saturated rings. The van der Waals surface area contributed by atoms with Gasteiger partial charge in [0.25, 0.3) is 0 Å². The van der Waals surface area contributed by atoms with Gasteiger partial charge in [-0.15, -0.1) is 0 Å². The number of aromatic nitrogens is 2. The minimum absolute atomic E-state index is 0.616. The Morgan fingerprint density at radius 3 is 2.56 bits per heavy atom. The Morgan fingerprint density at radius 1 is 1.15 bits per heavy atom. The second-order valence-corrected chi connectivity index (χ2v) is 7.29. The van der Waals surface area contributed by atoms with E-state index in [1.165, 1.54) is 18.4 Å². The van der Waals surface area contributed by atoms with Crippen LogP contribution in [0, 0.1) is 6.92 Å². The standard InChI is InChI=1S/C22H32N4O/c1-4-19-16-22(25-17(2)24-19)26-14-11-20(12-15-26)23-13-5-6-18-7-9-21(27-3)10-8-18/h7-10,16,20,23H,4-6,11-15H2,1-3H3. The van der Waals surface area contributed by atoms with Crippen molar-refractivity contribution in [2.45, 2.75) is 52.0 Å². The first-order chi connectivity index (χ1) is 13.2. The molecule has 146 valence electrons. The lowest BCUT2D eigenvalue weighted by Crippen LogP contribution is -2.43. The van der Waals surface area contributed by atoms with E-state index in [4.69, 9.17) is 4.74 Å². The zero-order valence-electron chi connectivity index (χ0n) is 16.9. The molecule has 0 amide bonds. The van der Waals surface area contributed by atoms with Crippen molar-refractivity contribution < 1.29 is 4.74 Å². The Balaban J connectivity index is 1.38. The predicted molar refractivity (Wildman–Crippen MR) is 111 cm³/mol. The molecule has 1 saturated heterocycles. The highest BCUT2D eigenvalue weighted by Crippen LogP contribution is 2.19. The van der Waals surface area contributed by atoms with Crippen LogP contribution in [0.25, 0.3) is 0 Å². The highest BCUT2D eigenvalue weighted by atomic mass is 16.5. The smallest absolute Gasteiger partial charge is 0.132 e. The summed E-state index contributed by atoms with van der Waals surface area (Å²) in [6, 6.07) is 11.2. The molecule has 0 spiro atoms. The van der Waals surface area contributed by atoms with Crippen LogP contribution >= 0.6 is 0 Å². The Bertz CT molecular complexity index is 709. The van der Waals surface area contributed by atoms with Gasteiger partial charge < -0.3 is 15.0 Å². The molecule has 27 heavy (non-hydrogen) atoms. The largest absolute Gasteiger partial charge is 0.497 e. The number of benzene rings is 1. The van der Waals surface area contributed by atoms with E-state index in [0.717, 1.165) is 62.0 Å². The Labute approximate surface area is 163 Å². The van der Waals surface area contributed by atoms with Crippen LogP contribution in [0.5, 0.6) is 5.75 Å². The molecule has 5 heteroatoms. The van der Waals surface area contributed by atoms with Gasteiger partial charge in [-0.05, 0) is 63.3 Å². The molecule has 0 atom stereocenters. The van der Waals surface area contributed by atoms with Crippen molar-refractivity contribution >= 4 is 5.82 Å². The number of nitrogens with one attached hydrogen (secondary N) is 1. The van der Waals surface area contributed by atoms with E-state index in [0.29, 0.717) is 6.04 Å². The molecule has 2 heterocycles. The fourth-order valence-corrected chi connectivity index (χ4v) is 3.66. The maximum absolute atomic E-state index is 5.21. The number of hydrogen-bond acceptors (Lipinski definition) is 5. The summed E-state index contributed by atoms with van der Waals surface area (Å²) in [5, 5.41) is 3.74. The van der Waals surface area contributed by atoms with Crippen molar-refractivity contribution in [2.75, 3.05) is 31.6 Å². The van der Waals surface area contributed by atoms with E-state index in [1.807, 2.05) is 19.1 Å². The van der Waals surface area contributed by atoms with Crippen molar-refractivity contribution in [1.82, 2.24) is 15.3 Å². The highest BCUT2D eigenvalue weighted by Gasteiger charge is 2.20. The van der Waals surface area contributed by atoms with Crippen LogP contribution in [0.15, 0.2) is 30.3 Å². The number of hydrogen-bond donors (Lipinski definition) is 1. The van der Waals surface area contributed by atoms with E-state index in [2.05, 4.69) is 45.3 Å².